The van der Waals surface area contributed by atoms with E-state index in [1.165, 1.54) is 11.0 Å². The lowest BCUT2D eigenvalue weighted by molar-refractivity contribution is -0.138. The number of carbonyl (C=O) groups is 4. The highest BCUT2D eigenvalue weighted by Crippen LogP contribution is 2.65. The fourth-order valence-corrected chi connectivity index (χ4v) is 11.0. The van der Waals surface area contributed by atoms with E-state index in [0.29, 0.717) is 51.9 Å². The van der Waals surface area contributed by atoms with E-state index in [0.717, 1.165) is 34.7 Å². The van der Waals surface area contributed by atoms with Crippen molar-refractivity contribution < 1.29 is 33.8 Å². The number of rotatable bonds is 7. The van der Waals surface area contributed by atoms with E-state index in [-0.39, 0.29) is 35.4 Å². The van der Waals surface area contributed by atoms with Gasteiger partial charge in [-0.05, 0) is 84.3 Å². The molecule has 10 rings (SSSR count). The van der Waals surface area contributed by atoms with E-state index in [9.17, 15) is 14.7 Å². The Hall–Kier alpha value is -5.88. The second-order valence-electron chi connectivity index (χ2n) is 16.1. The number of anilines is 3. The third-order valence-corrected chi connectivity index (χ3v) is 13.9. The maximum atomic E-state index is 15.7. The Bertz CT molecular complexity index is 2630. The molecule has 5 aromatic rings. The molecular weight excluding hydrogens is 803 g/mol. The number of ether oxygens (including phenoxy) is 2. The highest BCUT2D eigenvalue weighted by molar-refractivity contribution is 6.36. The van der Waals surface area contributed by atoms with Gasteiger partial charge in [0.25, 0.3) is 11.8 Å². The van der Waals surface area contributed by atoms with Crippen LogP contribution >= 0.6 is 23.2 Å². The summed E-state index contributed by atoms with van der Waals surface area (Å²) in [4.78, 5) is 63.6. The third-order valence-electron chi connectivity index (χ3n) is 13.3. The number of imide groups is 2. The monoisotopic (exact) mass is 842 g/mol. The van der Waals surface area contributed by atoms with Crippen LogP contribution in [0.1, 0.15) is 29.9 Å². The van der Waals surface area contributed by atoms with Gasteiger partial charge in [-0.15, -0.1) is 0 Å². The fourth-order valence-electron chi connectivity index (χ4n) is 10.6. The summed E-state index contributed by atoms with van der Waals surface area (Å²) < 4.78 is 11.0. The molecule has 4 amide bonds. The Kier molecular flexibility index (Phi) is 9.38. The molecule has 2 aliphatic carbocycles. The number of nitrogens with zero attached hydrogens (tertiary/aromatic N) is 3. The Morgan fingerprint density at radius 1 is 0.817 bits per heavy atom. The molecular formula is C47H40Cl2N4O7. The zero-order valence-corrected chi connectivity index (χ0v) is 34.0. The van der Waals surface area contributed by atoms with Crippen molar-refractivity contribution >= 4 is 74.7 Å². The minimum atomic E-state index is -1.62. The molecule has 13 heteroatoms. The van der Waals surface area contributed by atoms with Crippen LogP contribution in [0, 0.1) is 23.7 Å². The molecule has 3 aliphatic heterocycles. The average Bonchev–Trinajstić information content (AvgIpc) is 3.65. The van der Waals surface area contributed by atoms with Gasteiger partial charge in [-0.25, -0.2) is 0 Å². The molecule has 3 saturated heterocycles. The third kappa shape index (κ3) is 5.73. The molecule has 1 saturated carbocycles. The number of halogens is 2. The number of amides is 4. The van der Waals surface area contributed by atoms with Crippen molar-refractivity contribution in [1.29, 1.82) is 0 Å². The number of methoxy groups -OCH3 is 1. The average molecular weight is 844 g/mol. The van der Waals surface area contributed by atoms with E-state index in [2.05, 4.69) is 10.3 Å². The zero-order valence-electron chi connectivity index (χ0n) is 32.5. The summed E-state index contributed by atoms with van der Waals surface area (Å²) in [6.07, 6.45) is 2.30. The van der Waals surface area contributed by atoms with E-state index in [1.807, 2.05) is 66.7 Å². The second kappa shape index (κ2) is 14.7. The first kappa shape index (κ1) is 38.3. The number of allylic oxidation sites excluding steroid dienone is 2. The van der Waals surface area contributed by atoms with Gasteiger partial charge in [0, 0.05) is 40.7 Å². The van der Waals surface area contributed by atoms with Crippen LogP contribution in [-0.2, 0) is 29.3 Å². The van der Waals surface area contributed by atoms with Crippen molar-refractivity contribution in [2.75, 3.05) is 48.6 Å². The summed E-state index contributed by atoms with van der Waals surface area (Å²) in [5.41, 5.74) is 4.85. The number of phenols is 1. The maximum Gasteiger partial charge on any atom is 0.260 e. The van der Waals surface area contributed by atoms with E-state index >= 15 is 9.59 Å². The van der Waals surface area contributed by atoms with Gasteiger partial charge in [0.05, 0.1) is 59.9 Å². The van der Waals surface area contributed by atoms with Crippen LogP contribution in [0.15, 0.2) is 115 Å². The number of morpholine rings is 1. The summed E-state index contributed by atoms with van der Waals surface area (Å²) in [6.45, 7) is 2.74. The molecule has 0 radical (unpaired) electrons. The molecule has 5 aromatic carbocycles. The summed E-state index contributed by atoms with van der Waals surface area (Å²) in [7, 11) is 1.55. The smallest absolute Gasteiger partial charge is 0.260 e. The summed E-state index contributed by atoms with van der Waals surface area (Å²) >= 11 is 12.8. The number of hydrazine groups is 1. The van der Waals surface area contributed by atoms with Crippen molar-refractivity contribution in [1.82, 2.24) is 5.01 Å². The standard InChI is InChI=1S/C47H40Cl2N4O7/c1-59-31-14-7-27(8-15-31)47-37(44(56)53(46(47)58)50-39-19-9-28(48)24-38(39)49)25-36-33(41(47)35-16-6-26-4-2-3-5-32(26)42(35)54)17-18-34-40(36)45(57)52(43(34)55)30-12-10-29(11-13-30)51-20-22-60-23-21-51/h2-17,19,24,34,36-37,40-41,50,54H,18,20-23,25H2,1H3. The molecule has 60 heavy (non-hydrogen) atoms. The van der Waals surface area contributed by atoms with Gasteiger partial charge in [-0.3, -0.25) is 29.5 Å². The number of nitrogens with one attached hydrogen (secondary N) is 1. The first-order valence-electron chi connectivity index (χ1n) is 20.1. The first-order valence-corrected chi connectivity index (χ1v) is 20.8. The van der Waals surface area contributed by atoms with Crippen LogP contribution in [0.2, 0.25) is 10.0 Å². The predicted octanol–water partition coefficient (Wildman–Crippen LogP) is 7.89. The molecule has 6 atom stereocenters. The molecule has 6 unspecified atom stereocenters. The minimum Gasteiger partial charge on any atom is -0.507 e. The van der Waals surface area contributed by atoms with Crippen LogP contribution in [0.3, 0.4) is 0 Å². The normalized spacial score (nSPS) is 26.2. The van der Waals surface area contributed by atoms with Crippen molar-refractivity contribution in [3.8, 4) is 11.5 Å². The van der Waals surface area contributed by atoms with Crippen molar-refractivity contribution in [3.05, 3.63) is 136 Å². The largest absolute Gasteiger partial charge is 0.507 e. The number of benzene rings is 5. The van der Waals surface area contributed by atoms with E-state index < -0.39 is 46.8 Å². The first-order chi connectivity index (χ1) is 29.1. The van der Waals surface area contributed by atoms with Gasteiger partial charge in [0.2, 0.25) is 11.8 Å². The lowest BCUT2D eigenvalue weighted by Crippen LogP contribution is -2.53. The predicted molar refractivity (Wildman–Crippen MR) is 228 cm³/mol. The topological polar surface area (TPSA) is 129 Å². The maximum absolute atomic E-state index is 15.7. The van der Waals surface area contributed by atoms with Crippen LogP contribution in [-0.4, -0.2) is 67.2 Å². The summed E-state index contributed by atoms with van der Waals surface area (Å²) in [5.74, 6) is -5.30. The van der Waals surface area contributed by atoms with Crippen LogP contribution in [0.5, 0.6) is 11.5 Å². The van der Waals surface area contributed by atoms with Crippen LogP contribution in [0.25, 0.3) is 10.8 Å². The van der Waals surface area contributed by atoms with E-state index in [1.54, 1.807) is 43.5 Å². The van der Waals surface area contributed by atoms with Crippen LogP contribution < -0.4 is 20.0 Å². The SMILES string of the molecule is COc1ccc(C23C(=O)N(Nc4ccc(Cl)cc4Cl)C(=O)C2CC2C(=CCC4C(=O)N(c5ccc(N6CCOCC6)cc5)C(=O)C42)C3c2ccc3ccccc3c2O)cc1. The number of aromatic hydroxyl groups is 1. The van der Waals surface area contributed by atoms with Crippen molar-refractivity contribution in [2.45, 2.75) is 24.2 Å². The number of hydrogen-bond donors (Lipinski definition) is 2. The second-order valence-corrected chi connectivity index (χ2v) is 16.9. The van der Waals surface area contributed by atoms with Gasteiger partial charge in [0.15, 0.2) is 0 Å². The van der Waals surface area contributed by atoms with Gasteiger partial charge in [-0.1, -0.05) is 83.4 Å². The van der Waals surface area contributed by atoms with Crippen LogP contribution in [0.4, 0.5) is 17.1 Å². The Morgan fingerprint density at radius 2 is 1.55 bits per heavy atom. The number of fused-ring (bicyclic) bond motifs is 5. The zero-order chi connectivity index (χ0) is 41.4. The fraction of sp³-hybridized carbons (Fsp3) is 0.277. The Morgan fingerprint density at radius 3 is 2.28 bits per heavy atom. The van der Waals surface area contributed by atoms with Crippen molar-refractivity contribution in [2.24, 2.45) is 23.7 Å². The molecule has 3 heterocycles. The molecule has 0 bridgehead atoms. The van der Waals surface area contributed by atoms with Gasteiger partial charge < -0.3 is 19.5 Å². The molecule has 2 N–H and O–H groups in total. The molecule has 0 spiro atoms. The van der Waals surface area contributed by atoms with E-state index in [4.69, 9.17) is 32.7 Å². The summed E-state index contributed by atoms with van der Waals surface area (Å²) in [5, 5.41) is 15.3. The highest BCUT2D eigenvalue weighted by atomic mass is 35.5. The van der Waals surface area contributed by atoms with Gasteiger partial charge in [0.1, 0.15) is 11.5 Å². The molecule has 304 valence electrons. The number of carbonyl (C=O) groups excluding carboxylic acids is 4. The van der Waals surface area contributed by atoms with Crippen molar-refractivity contribution in [3.63, 3.8) is 0 Å². The molecule has 0 aromatic heterocycles. The number of hydrogen-bond acceptors (Lipinski definition) is 9. The van der Waals surface area contributed by atoms with Gasteiger partial charge in [-0.2, -0.15) is 5.01 Å². The Labute approximate surface area is 356 Å². The van der Waals surface area contributed by atoms with Gasteiger partial charge >= 0.3 is 0 Å². The molecule has 4 fully saturated rings. The molecule has 11 nitrogen and oxygen atoms in total. The minimum absolute atomic E-state index is 0.0309. The lowest BCUT2D eigenvalue weighted by Gasteiger charge is -2.50. The highest BCUT2D eigenvalue weighted by Gasteiger charge is 2.70. The summed E-state index contributed by atoms with van der Waals surface area (Å²) in [6, 6.07) is 30.4. The lowest BCUT2D eigenvalue weighted by atomic mass is 9.49. The quantitative estimate of drug-likeness (QED) is 0.124. The molecule has 5 aliphatic rings. The number of phenolic OH excluding ortho intramolecular Hbond substituents is 1. The Balaban J connectivity index is 1.13.